The van der Waals surface area contributed by atoms with Crippen LogP contribution in [0.1, 0.15) is 31.5 Å². The Morgan fingerprint density at radius 1 is 1.19 bits per heavy atom. The summed E-state index contributed by atoms with van der Waals surface area (Å²) in [5.74, 6) is 1.12. The molecular weight excluding hydrogens is 288 g/mol. The highest BCUT2D eigenvalue weighted by molar-refractivity contribution is 6.28. The largest absolute Gasteiger partial charge is 0.346 e. The number of pyridine rings is 1. The topological polar surface area (TPSA) is 66.8 Å². The molecule has 0 aliphatic carbocycles. The van der Waals surface area contributed by atoms with E-state index in [0.29, 0.717) is 11.9 Å². The molecule has 1 unspecified atom stereocenters. The number of rotatable bonds is 4. The lowest BCUT2D eigenvalue weighted by Crippen LogP contribution is -2.22. The van der Waals surface area contributed by atoms with Crippen LogP contribution in [0.2, 0.25) is 5.28 Å². The van der Waals surface area contributed by atoms with E-state index in [1.54, 1.807) is 6.20 Å². The normalized spacial score (nSPS) is 16.0. The van der Waals surface area contributed by atoms with Crippen molar-refractivity contribution in [3.8, 4) is 0 Å². The SMILES string of the molecule is CC(Nc1nc(Cl)nc(N2CCCC2)n1)c1ccccn1. The zero-order chi connectivity index (χ0) is 14.7. The predicted molar refractivity (Wildman–Crippen MR) is 82.6 cm³/mol. The average Bonchev–Trinajstić information content (AvgIpc) is 3.02. The standard InChI is InChI=1S/C14H17ClN6/c1-10(11-6-2-3-7-16-11)17-13-18-12(15)19-14(20-13)21-8-4-5-9-21/h2-3,6-7,10H,4-5,8-9H2,1H3,(H,17,18,19,20). The first-order valence-electron chi connectivity index (χ1n) is 7.06. The van der Waals surface area contributed by atoms with Crippen LogP contribution in [-0.4, -0.2) is 33.0 Å². The van der Waals surface area contributed by atoms with Crippen LogP contribution in [0, 0.1) is 0 Å². The minimum absolute atomic E-state index is 0.00362. The third-order valence-electron chi connectivity index (χ3n) is 3.46. The predicted octanol–water partition coefficient (Wildman–Crippen LogP) is 2.69. The molecule has 21 heavy (non-hydrogen) atoms. The first kappa shape index (κ1) is 14.0. The van der Waals surface area contributed by atoms with Gasteiger partial charge < -0.3 is 10.2 Å². The van der Waals surface area contributed by atoms with Crippen molar-refractivity contribution >= 4 is 23.5 Å². The van der Waals surface area contributed by atoms with Gasteiger partial charge in [0, 0.05) is 19.3 Å². The summed E-state index contributed by atoms with van der Waals surface area (Å²) < 4.78 is 0. The molecule has 1 aliphatic heterocycles. The molecule has 1 aliphatic rings. The Hall–Kier alpha value is -1.95. The van der Waals surface area contributed by atoms with Gasteiger partial charge in [0.25, 0.3) is 0 Å². The van der Waals surface area contributed by atoms with Crippen molar-refractivity contribution in [3.63, 3.8) is 0 Å². The molecule has 7 heteroatoms. The van der Waals surface area contributed by atoms with Crippen molar-refractivity contribution in [2.75, 3.05) is 23.3 Å². The number of nitrogens with zero attached hydrogens (tertiary/aromatic N) is 5. The number of hydrogen-bond donors (Lipinski definition) is 1. The molecule has 2 aromatic heterocycles. The van der Waals surface area contributed by atoms with Gasteiger partial charge in [-0.15, -0.1) is 0 Å². The maximum Gasteiger partial charge on any atom is 0.231 e. The quantitative estimate of drug-likeness (QED) is 0.937. The molecule has 1 saturated heterocycles. The molecule has 1 fully saturated rings. The van der Waals surface area contributed by atoms with Gasteiger partial charge in [-0.1, -0.05) is 6.07 Å². The number of aromatic nitrogens is 4. The van der Waals surface area contributed by atoms with E-state index in [0.717, 1.165) is 31.6 Å². The smallest absolute Gasteiger partial charge is 0.231 e. The highest BCUT2D eigenvalue weighted by Crippen LogP contribution is 2.20. The Balaban J connectivity index is 1.78. The summed E-state index contributed by atoms with van der Waals surface area (Å²) in [6, 6.07) is 5.80. The Labute approximate surface area is 128 Å². The van der Waals surface area contributed by atoms with Crippen LogP contribution in [-0.2, 0) is 0 Å². The molecule has 3 rings (SSSR count). The van der Waals surface area contributed by atoms with Gasteiger partial charge in [0.1, 0.15) is 0 Å². The molecule has 6 nitrogen and oxygen atoms in total. The van der Waals surface area contributed by atoms with E-state index in [1.165, 1.54) is 0 Å². The average molecular weight is 305 g/mol. The van der Waals surface area contributed by atoms with Gasteiger partial charge in [-0.2, -0.15) is 15.0 Å². The third kappa shape index (κ3) is 3.39. The summed E-state index contributed by atoms with van der Waals surface area (Å²) in [5.41, 5.74) is 0.928. The first-order chi connectivity index (χ1) is 10.2. The summed E-state index contributed by atoms with van der Waals surface area (Å²) in [7, 11) is 0. The molecule has 0 saturated carbocycles. The number of hydrogen-bond acceptors (Lipinski definition) is 6. The Bertz CT molecular complexity index is 600. The highest BCUT2D eigenvalue weighted by atomic mass is 35.5. The van der Waals surface area contributed by atoms with Crippen molar-refractivity contribution in [2.24, 2.45) is 0 Å². The van der Waals surface area contributed by atoms with Crippen molar-refractivity contribution < 1.29 is 0 Å². The summed E-state index contributed by atoms with van der Waals surface area (Å²) in [5, 5.41) is 3.44. The zero-order valence-electron chi connectivity index (χ0n) is 11.8. The fraction of sp³-hybridized carbons (Fsp3) is 0.429. The van der Waals surface area contributed by atoms with E-state index >= 15 is 0 Å². The minimum atomic E-state index is -0.00362. The monoisotopic (exact) mass is 304 g/mol. The van der Waals surface area contributed by atoms with Crippen LogP contribution >= 0.6 is 11.6 Å². The molecule has 0 radical (unpaired) electrons. The van der Waals surface area contributed by atoms with Crippen LogP contribution in [0.5, 0.6) is 0 Å². The van der Waals surface area contributed by atoms with E-state index in [2.05, 4.69) is 30.2 Å². The van der Waals surface area contributed by atoms with Crippen molar-refractivity contribution in [2.45, 2.75) is 25.8 Å². The molecule has 110 valence electrons. The number of nitrogens with one attached hydrogen (secondary N) is 1. The lowest BCUT2D eigenvalue weighted by atomic mass is 10.2. The van der Waals surface area contributed by atoms with Gasteiger partial charge in [0.05, 0.1) is 11.7 Å². The fourth-order valence-corrected chi connectivity index (χ4v) is 2.52. The van der Waals surface area contributed by atoms with E-state index in [-0.39, 0.29) is 11.3 Å². The first-order valence-corrected chi connectivity index (χ1v) is 7.44. The molecule has 1 N–H and O–H groups in total. The second kappa shape index (κ2) is 6.22. The Morgan fingerprint density at radius 3 is 2.71 bits per heavy atom. The molecule has 0 aromatic carbocycles. The van der Waals surface area contributed by atoms with Gasteiger partial charge in [-0.3, -0.25) is 4.98 Å². The van der Waals surface area contributed by atoms with Crippen molar-refractivity contribution in [1.82, 2.24) is 19.9 Å². The molecule has 0 amide bonds. The van der Waals surface area contributed by atoms with Gasteiger partial charge in [-0.25, -0.2) is 0 Å². The lowest BCUT2D eigenvalue weighted by molar-refractivity contribution is 0.808. The van der Waals surface area contributed by atoms with Crippen molar-refractivity contribution in [3.05, 3.63) is 35.4 Å². The lowest BCUT2D eigenvalue weighted by Gasteiger charge is -2.17. The Morgan fingerprint density at radius 2 is 2.00 bits per heavy atom. The van der Waals surface area contributed by atoms with Crippen LogP contribution in [0.15, 0.2) is 24.4 Å². The molecule has 1 atom stereocenters. The van der Waals surface area contributed by atoms with Gasteiger partial charge in [0.15, 0.2) is 0 Å². The fourth-order valence-electron chi connectivity index (χ4n) is 2.36. The maximum absolute atomic E-state index is 6.01. The van der Waals surface area contributed by atoms with E-state index in [1.807, 2.05) is 25.1 Å². The third-order valence-corrected chi connectivity index (χ3v) is 3.63. The van der Waals surface area contributed by atoms with Gasteiger partial charge in [-0.05, 0) is 43.5 Å². The molecule has 0 bridgehead atoms. The van der Waals surface area contributed by atoms with E-state index in [4.69, 9.17) is 11.6 Å². The van der Waals surface area contributed by atoms with Crippen LogP contribution in [0.3, 0.4) is 0 Å². The van der Waals surface area contributed by atoms with Crippen LogP contribution in [0.25, 0.3) is 0 Å². The maximum atomic E-state index is 6.01. The second-order valence-electron chi connectivity index (χ2n) is 5.04. The van der Waals surface area contributed by atoms with Crippen LogP contribution in [0.4, 0.5) is 11.9 Å². The summed E-state index contributed by atoms with van der Waals surface area (Å²) in [4.78, 5) is 19.3. The number of halogens is 1. The molecule has 2 aromatic rings. The molecule has 0 spiro atoms. The summed E-state index contributed by atoms with van der Waals surface area (Å²) in [6.45, 7) is 3.95. The van der Waals surface area contributed by atoms with Gasteiger partial charge in [0.2, 0.25) is 17.2 Å². The molecular formula is C14H17ClN6. The van der Waals surface area contributed by atoms with E-state index < -0.39 is 0 Å². The van der Waals surface area contributed by atoms with E-state index in [9.17, 15) is 0 Å². The van der Waals surface area contributed by atoms with Crippen LogP contribution < -0.4 is 10.2 Å². The summed E-state index contributed by atoms with van der Waals surface area (Å²) in [6.07, 6.45) is 4.09. The summed E-state index contributed by atoms with van der Waals surface area (Å²) >= 11 is 6.01. The number of anilines is 2. The highest BCUT2D eigenvalue weighted by Gasteiger charge is 2.17. The zero-order valence-corrected chi connectivity index (χ0v) is 12.6. The Kier molecular flexibility index (Phi) is 4.15. The second-order valence-corrected chi connectivity index (χ2v) is 5.38. The minimum Gasteiger partial charge on any atom is -0.346 e. The molecule has 3 heterocycles. The van der Waals surface area contributed by atoms with Gasteiger partial charge >= 0.3 is 0 Å². The van der Waals surface area contributed by atoms with Crippen molar-refractivity contribution in [1.29, 1.82) is 0 Å².